The van der Waals surface area contributed by atoms with Gasteiger partial charge in [-0.25, -0.2) is 4.98 Å². The summed E-state index contributed by atoms with van der Waals surface area (Å²) in [4.78, 5) is 41.0. The molecule has 9 heteroatoms. The Morgan fingerprint density at radius 3 is 2.38 bits per heavy atom. The van der Waals surface area contributed by atoms with Crippen molar-refractivity contribution in [3.8, 4) is 0 Å². The highest BCUT2D eigenvalue weighted by molar-refractivity contribution is 5.90. The van der Waals surface area contributed by atoms with Crippen LogP contribution >= 0.6 is 0 Å². The zero-order chi connectivity index (χ0) is 35.5. The number of aromatic amines is 1. The highest BCUT2D eigenvalue weighted by atomic mass is 16.3. The minimum atomic E-state index is -0.833. The van der Waals surface area contributed by atoms with E-state index in [0.717, 1.165) is 61.9 Å². The highest BCUT2D eigenvalue weighted by Gasteiger charge is 2.49. The van der Waals surface area contributed by atoms with Crippen molar-refractivity contribution in [2.24, 2.45) is 17.8 Å². The van der Waals surface area contributed by atoms with Crippen LogP contribution < -0.4 is 10.6 Å². The molecule has 2 aromatic heterocycles. The van der Waals surface area contributed by atoms with Crippen LogP contribution in [0.3, 0.4) is 0 Å². The van der Waals surface area contributed by atoms with E-state index in [1.54, 1.807) is 18.7 Å². The Balaban J connectivity index is 1.42. The molecule has 2 amide bonds. The van der Waals surface area contributed by atoms with Gasteiger partial charge in [-0.05, 0) is 42.2 Å². The molecule has 272 valence electrons. The number of quaternary nitrogens is 1. The molecule has 1 saturated heterocycles. The molecule has 0 bridgehead atoms. The smallest absolute Gasteiger partial charge is 0.279 e. The van der Waals surface area contributed by atoms with Gasteiger partial charge in [0.25, 0.3) is 5.91 Å². The van der Waals surface area contributed by atoms with E-state index in [1.165, 1.54) is 19.3 Å². The summed E-state index contributed by atoms with van der Waals surface area (Å²) >= 11 is 0. The van der Waals surface area contributed by atoms with Crippen LogP contribution in [0.2, 0.25) is 0 Å². The number of nitrogens with zero attached hydrogens (tertiary/aromatic N) is 3. The van der Waals surface area contributed by atoms with E-state index in [1.807, 2.05) is 30.5 Å². The number of aliphatic hydroxyl groups is 1. The van der Waals surface area contributed by atoms with Gasteiger partial charge < -0.3 is 25.2 Å². The summed E-state index contributed by atoms with van der Waals surface area (Å²) in [5, 5.41) is 18.3. The standard InChI is InChI=1S/C41H60N6O3/c1-5-32(29(2)3)24-39(48)35(22-30-14-8-6-9-15-30)45-40(49)36(25-34-27-43-28-44-34)46-41(50)38(23-31-16-10-7-11-17-31)47(4)21-13-19-37(47)33-18-12-20-42-26-33/h7,10-12,16-18,20,26-30,32,35-39,48H,5-6,8-9,13-15,19,21-25H2,1-4H3,(H2-,43,44,45,46,49,50)/p+1/t32-,35-,36-,37?,38-,39-,47?/m0/s1. The lowest BCUT2D eigenvalue weighted by Crippen LogP contribution is -2.62. The van der Waals surface area contributed by atoms with E-state index in [-0.39, 0.29) is 30.3 Å². The molecule has 1 saturated carbocycles. The normalized spacial score (nSPS) is 22.8. The first kappa shape index (κ1) is 37.7. The molecular weight excluding hydrogens is 624 g/mol. The number of nitrogens with one attached hydrogen (secondary N) is 3. The van der Waals surface area contributed by atoms with Crippen molar-refractivity contribution in [2.75, 3.05) is 13.6 Å². The van der Waals surface area contributed by atoms with E-state index in [2.05, 4.69) is 71.6 Å². The van der Waals surface area contributed by atoms with Crippen molar-refractivity contribution >= 4 is 11.8 Å². The van der Waals surface area contributed by atoms with Crippen LogP contribution in [0.15, 0.2) is 67.4 Å². The number of hydrogen-bond donors (Lipinski definition) is 4. The van der Waals surface area contributed by atoms with Gasteiger partial charge in [0.1, 0.15) is 12.1 Å². The summed E-state index contributed by atoms with van der Waals surface area (Å²) in [6, 6.07) is 12.7. The van der Waals surface area contributed by atoms with E-state index >= 15 is 0 Å². The van der Waals surface area contributed by atoms with E-state index in [9.17, 15) is 14.7 Å². The zero-order valence-electron chi connectivity index (χ0n) is 30.8. The average molecular weight is 686 g/mol. The second-order valence-corrected chi connectivity index (χ2v) is 15.6. The molecule has 0 spiro atoms. The molecule has 4 N–H and O–H groups in total. The summed E-state index contributed by atoms with van der Waals surface area (Å²) in [7, 11) is 2.19. The predicted octanol–water partition coefficient (Wildman–Crippen LogP) is 6.31. The number of likely N-dealkylation sites (tertiary alicyclic amines) is 1. The molecule has 3 aromatic rings. The quantitative estimate of drug-likeness (QED) is 0.124. The van der Waals surface area contributed by atoms with E-state index in [4.69, 9.17) is 0 Å². The van der Waals surface area contributed by atoms with Crippen LogP contribution in [0.5, 0.6) is 0 Å². The topological polar surface area (TPSA) is 120 Å². The molecule has 5 rings (SSSR count). The number of H-pyrrole nitrogens is 1. The predicted molar refractivity (Wildman–Crippen MR) is 198 cm³/mol. The molecule has 2 unspecified atom stereocenters. The van der Waals surface area contributed by atoms with Crippen LogP contribution in [-0.4, -0.2) is 74.2 Å². The number of amides is 2. The van der Waals surface area contributed by atoms with Crippen molar-refractivity contribution in [1.29, 1.82) is 0 Å². The first-order valence-corrected chi connectivity index (χ1v) is 19.2. The maximum atomic E-state index is 14.8. The van der Waals surface area contributed by atoms with Gasteiger partial charge in [-0.1, -0.05) is 95.7 Å². The molecule has 2 fully saturated rings. The van der Waals surface area contributed by atoms with Crippen LogP contribution in [0, 0.1) is 17.8 Å². The van der Waals surface area contributed by atoms with Crippen LogP contribution in [0.1, 0.15) is 108 Å². The fourth-order valence-corrected chi connectivity index (χ4v) is 8.79. The van der Waals surface area contributed by atoms with Gasteiger partial charge in [0.05, 0.1) is 32.1 Å². The number of hydrogen-bond acceptors (Lipinski definition) is 5. The van der Waals surface area contributed by atoms with E-state index in [0.29, 0.717) is 35.1 Å². The summed E-state index contributed by atoms with van der Waals surface area (Å²) in [5.41, 5.74) is 3.00. The second-order valence-electron chi connectivity index (χ2n) is 15.6. The third kappa shape index (κ3) is 9.81. The summed E-state index contributed by atoms with van der Waals surface area (Å²) in [6.45, 7) is 7.45. The molecule has 0 radical (unpaired) electrons. The molecule has 1 aromatic carbocycles. The molecule has 7 atom stereocenters. The number of likely N-dealkylation sites (N-methyl/N-ethyl adjacent to an activating group) is 1. The van der Waals surface area contributed by atoms with Crippen LogP contribution in [0.4, 0.5) is 0 Å². The lowest BCUT2D eigenvalue weighted by atomic mass is 9.80. The fourth-order valence-electron chi connectivity index (χ4n) is 8.79. The van der Waals surface area contributed by atoms with Gasteiger partial charge in [-0.2, -0.15) is 0 Å². The summed E-state index contributed by atoms with van der Waals surface area (Å²) in [6.07, 6.45) is 17.5. The van der Waals surface area contributed by atoms with Crippen LogP contribution in [-0.2, 0) is 22.4 Å². The molecule has 1 aliphatic heterocycles. The third-order valence-electron chi connectivity index (χ3n) is 11.9. The second kappa shape index (κ2) is 18.1. The summed E-state index contributed by atoms with van der Waals surface area (Å²) < 4.78 is 0.543. The van der Waals surface area contributed by atoms with Crippen molar-refractivity contribution in [3.05, 3.63) is 84.2 Å². The molecule has 2 aliphatic rings. The highest BCUT2D eigenvalue weighted by Crippen LogP contribution is 2.40. The lowest BCUT2D eigenvalue weighted by molar-refractivity contribution is -0.941. The summed E-state index contributed by atoms with van der Waals surface area (Å²) in [5.74, 6) is 0.898. The minimum absolute atomic E-state index is 0.116. The monoisotopic (exact) mass is 685 g/mol. The number of rotatable bonds is 17. The lowest BCUT2D eigenvalue weighted by Gasteiger charge is -2.42. The van der Waals surface area contributed by atoms with Crippen LogP contribution in [0.25, 0.3) is 0 Å². The van der Waals surface area contributed by atoms with Crippen molar-refractivity contribution in [1.82, 2.24) is 25.6 Å². The number of aromatic nitrogens is 3. The Kier molecular flexibility index (Phi) is 13.6. The molecule has 50 heavy (non-hydrogen) atoms. The van der Waals surface area contributed by atoms with Crippen molar-refractivity contribution in [3.63, 3.8) is 0 Å². The van der Waals surface area contributed by atoms with E-state index < -0.39 is 18.2 Å². The number of carbonyl (C=O) groups is 2. The number of carbonyl (C=O) groups excluding carboxylic acids is 2. The van der Waals surface area contributed by atoms with Crippen molar-refractivity contribution < 1.29 is 19.2 Å². The van der Waals surface area contributed by atoms with Gasteiger partial charge in [0.2, 0.25) is 5.91 Å². The third-order valence-corrected chi connectivity index (χ3v) is 11.9. The Labute approximate surface area is 299 Å². The van der Waals surface area contributed by atoms with Gasteiger partial charge in [-0.3, -0.25) is 14.6 Å². The van der Waals surface area contributed by atoms with Gasteiger partial charge in [0, 0.05) is 55.5 Å². The molecule has 9 nitrogen and oxygen atoms in total. The van der Waals surface area contributed by atoms with Crippen molar-refractivity contribution in [2.45, 2.75) is 128 Å². The Hall–Kier alpha value is -3.56. The maximum absolute atomic E-state index is 14.8. The van der Waals surface area contributed by atoms with Gasteiger partial charge in [0.15, 0.2) is 6.04 Å². The average Bonchev–Trinajstić information content (AvgIpc) is 3.79. The molecule has 3 heterocycles. The molecule has 1 aliphatic carbocycles. The number of aliphatic hydroxyl groups excluding tert-OH is 1. The SMILES string of the molecule is CC[C@@H](C[C@H](O)[C@H](CC1CCCCC1)NC(=O)[C@H](Cc1cnc[nH]1)NC(=O)[C@H](Cc1ccccc1)[N+]1(C)CCCC1c1cccnc1)C(C)C. The first-order valence-electron chi connectivity index (χ1n) is 19.2. The Morgan fingerprint density at radius 2 is 1.72 bits per heavy atom. The maximum Gasteiger partial charge on any atom is 0.279 e. The van der Waals surface area contributed by atoms with Gasteiger partial charge in [-0.15, -0.1) is 0 Å². The number of pyridine rings is 1. The van der Waals surface area contributed by atoms with Gasteiger partial charge >= 0.3 is 0 Å². The number of imidazole rings is 1. The Morgan fingerprint density at radius 1 is 0.940 bits per heavy atom. The molecular formula is C41H61N6O3+. The largest absolute Gasteiger partial charge is 0.391 e. The zero-order valence-corrected chi connectivity index (χ0v) is 30.8. The minimum Gasteiger partial charge on any atom is -0.391 e. The number of benzene rings is 1. The fraction of sp³-hybridized carbons (Fsp3) is 0.610. The first-order chi connectivity index (χ1) is 24.2. The Bertz CT molecular complexity index is 1450.